The predicted molar refractivity (Wildman–Crippen MR) is 78.6 cm³/mol. The topological polar surface area (TPSA) is 38.7 Å². The summed E-state index contributed by atoms with van der Waals surface area (Å²) < 4.78 is 211. The first-order valence-electron chi connectivity index (χ1n) is 8.65. The molecule has 0 amide bonds. The Balaban J connectivity index is 4.55. The standard InChI is InChI=1S/C15H16F16O3/c16-8(17)12(24,25)14(28,29)10(20,21)1-3-33-5-7(32)6-34-4-2-11(22,23)15(30,31)13(26,27)9(18)19/h7-9,32H,1-6H2. The van der Waals surface area contributed by atoms with Crippen LogP contribution < -0.4 is 0 Å². The van der Waals surface area contributed by atoms with E-state index in [0.29, 0.717) is 0 Å². The molecule has 0 aromatic rings. The minimum atomic E-state index is -6.49. The van der Waals surface area contributed by atoms with Crippen molar-refractivity contribution in [3.63, 3.8) is 0 Å². The van der Waals surface area contributed by atoms with Crippen LogP contribution in [0.15, 0.2) is 0 Å². The van der Waals surface area contributed by atoms with Crippen LogP contribution in [0.5, 0.6) is 0 Å². The second kappa shape index (κ2) is 11.2. The average molecular weight is 548 g/mol. The number of rotatable bonds is 16. The van der Waals surface area contributed by atoms with Crippen LogP contribution in [0.2, 0.25) is 0 Å². The van der Waals surface area contributed by atoms with Gasteiger partial charge in [0.1, 0.15) is 6.10 Å². The van der Waals surface area contributed by atoms with E-state index in [0.717, 1.165) is 0 Å². The van der Waals surface area contributed by atoms with Gasteiger partial charge in [-0.1, -0.05) is 0 Å². The van der Waals surface area contributed by atoms with Gasteiger partial charge in [-0.15, -0.1) is 0 Å². The molecule has 3 nitrogen and oxygen atoms in total. The largest absolute Gasteiger partial charge is 0.388 e. The Hall–Kier alpha value is -1.24. The van der Waals surface area contributed by atoms with Crippen LogP contribution in [-0.2, 0) is 9.47 Å². The van der Waals surface area contributed by atoms with Gasteiger partial charge in [-0.3, -0.25) is 0 Å². The van der Waals surface area contributed by atoms with E-state index in [1.807, 2.05) is 0 Å². The third-order valence-electron chi connectivity index (χ3n) is 4.05. The van der Waals surface area contributed by atoms with Gasteiger partial charge in [-0.05, 0) is 0 Å². The van der Waals surface area contributed by atoms with E-state index in [9.17, 15) is 75.4 Å². The quantitative estimate of drug-likeness (QED) is 0.205. The number of hydrogen-bond donors (Lipinski definition) is 1. The zero-order valence-corrected chi connectivity index (χ0v) is 16.3. The fraction of sp³-hybridized carbons (Fsp3) is 1.00. The minimum absolute atomic E-state index is 1.14. The summed E-state index contributed by atoms with van der Waals surface area (Å²) in [5.41, 5.74) is 0. The molecule has 19 heteroatoms. The summed E-state index contributed by atoms with van der Waals surface area (Å²) >= 11 is 0. The molecule has 0 heterocycles. The van der Waals surface area contributed by atoms with E-state index in [1.165, 1.54) is 0 Å². The summed E-state index contributed by atoms with van der Waals surface area (Å²) in [5.74, 6) is -37.2. The molecule has 34 heavy (non-hydrogen) atoms. The van der Waals surface area contributed by atoms with Crippen molar-refractivity contribution in [3.8, 4) is 0 Å². The number of ether oxygens (including phenoxy) is 2. The molecule has 0 aliphatic heterocycles. The molecule has 0 aromatic heterocycles. The van der Waals surface area contributed by atoms with E-state index >= 15 is 0 Å². The van der Waals surface area contributed by atoms with E-state index in [1.54, 1.807) is 0 Å². The summed E-state index contributed by atoms with van der Waals surface area (Å²) in [6.07, 6.45) is -16.7. The molecule has 0 saturated heterocycles. The Morgan fingerprint density at radius 1 is 0.529 bits per heavy atom. The Labute approximate surface area is 180 Å². The molecule has 0 aliphatic carbocycles. The monoisotopic (exact) mass is 548 g/mol. The number of halogens is 16. The third-order valence-corrected chi connectivity index (χ3v) is 4.05. The maximum absolute atomic E-state index is 13.2. The summed E-state index contributed by atoms with van der Waals surface area (Å²) in [6, 6.07) is 0. The van der Waals surface area contributed by atoms with Crippen molar-refractivity contribution in [2.45, 2.75) is 67.3 Å². The maximum atomic E-state index is 13.2. The van der Waals surface area contributed by atoms with E-state index < -0.39 is 93.8 Å². The lowest BCUT2D eigenvalue weighted by Gasteiger charge is -2.32. The van der Waals surface area contributed by atoms with Crippen molar-refractivity contribution in [1.29, 1.82) is 0 Å². The second-order valence-electron chi connectivity index (χ2n) is 6.71. The predicted octanol–water partition coefficient (Wildman–Crippen LogP) is 5.50. The minimum Gasteiger partial charge on any atom is -0.388 e. The van der Waals surface area contributed by atoms with Gasteiger partial charge in [0.05, 0.1) is 26.4 Å². The lowest BCUT2D eigenvalue weighted by atomic mass is 10.0. The normalized spacial score (nSPS) is 15.2. The van der Waals surface area contributed by atoms with Gasteiger partial charge >= 0.3 is 48.4 Å². The first kappa shape index (κ1) is 32.8. The molecule has 0 radical (unpaired) electrons. The van der Waals surface area contributed by atoms with Crippen molar-refractivity contribution in [2.75, 3.05) is 26.4 Å². The maximum Gasteiger partial charge on any atom is 0.377 e. The second-order valence-corrected chi connectivity index (χ2v) is 6.71. The number of aliphatic hydroxyl groups excluding tert-OH is 1. The van der Waals surface area contributed by atoms with Crippen LogP contribution >= 0.6 is 0 Å². The fourth-order valence-electron chi connectivity index (χ4n) is 1.96. The Morgan fingerprint density at radius 3 is 1.03 bits per heavy atom. The molecule has 0 unspecified atom stereocenters. The number of alkyl halides is 16. The molecule has 0 saturated carbocycles. The third kappa shape index (κ3) is 6.92. The summed E-state index contributed by atoms with van der Waals surface area (Å²) in [4.78, 5) is 0. The van der Waals surface area contributed by atoms with Crippen LogP contribution in [0, 0.1) is 0 Å². The van der Waals surface area contributed by atoms with E-state index in [-0.39, 0.29) is 0 Å². The van der Waals surface area contributed by atoms with Crippen molar-refractivity contribution in [1.82, 2.24) is 0 Å². The molecule has 0 bridgehead atoms. The smallest absolute Gasteiger partial charge is 0.377 e. The SMILES string of the molecule is OC(COCCC(F)(F)C(F)(F)C(F)(F)C(F)F)COCCC(F)(F)C(F)(F)C(F)(F)C(F)F. The summed E-state index contributed by atoms with van der Waals surface area (Å²) in [6.45, 7) is -5.32. The van der Waals surface area contributed by atoms with Crippen LogP contribution in [-0.4, -0.2) is 86.0 Å². The van der Waals surface area contributed by atoms with Gasteiger partial charge < -0.3 is 14.6 Å². The molecule has 1 N–H and O–H groups in total. The van der Waals surface area contributed by atoms with Gasteiger partial charge in [0.15, 0.2) is 0 Å². The van der Waals surface area contributed by atoms with E-state index in [4.69, 9.17) is 0 Å². The van der Waals surface area contributed by atoms with Crippen molar-refractivity contribution in [2.24, 2.45) is 0 Å². The molecule has 0 fully saturated rings. The molecule has 0 aromatic carbocycles. The van der Waals surface area contributed by atoms with Crippen molar-refractivity contribution < 1.29 is 84.8 Å². The highest BCUT2D eigenvalue weighted by Gasteiger charge is 2.75. The zero-order chi connectivity index (χ0) is 27.4. The van der Waals surface area contributed by atoms with Gasteiger partial charge in [0.2, 0.25) is 0 Å². The first-order valence-corrected chi connectivity index (χ1v) is 8.65. The highest BCUT2D eigenvalue weighted by atomic mass is 19.4. The van der Waals surface area contributed by atoms with Crippen molar-refractivity contribution >= 4 is 0 Å². The number of aliphatic hydroxyl groups is 1. The molecule has 0 aliphatic rings. The summed E-state index contributed by atoms with van der Waals surface area (Å²) in [5, 5.41) is 9.27. The molecular weight excluding hydrogens is 532 g/mol. The van der Waals surface area contributed by atoms with Gasteiger partial charge in [-0.2, -0.15) is 52.7 Å². The Bertz CT molecular complexity index is 573. The average Bonchev–Trinajstić information content (AvgIpc) is 2.67. The number of hydrogen-bond acceptors (Lipinski definition) is 3. The first-order chi connectivity index (χ1) is 15.0. The Kier molecular flexibility index (Phi) is 10.8. The van der Waals surface area contributed by atoms with Crippen LogP contribution in [0.1, 0.15) is 12.8 Å². The molecule has 0 spiro atoms. The van der Waals surface area contributed by atoms with Crippen LogP contribution in [0.4, 0.5) is 70.2 Å². The molecular formula is C15H16F16O3. The van der Waals surface area contributed by atoms with Gasteiger partial charge in [-0.25, -0.2) is 17.6 Å². The lowest BCUT2D eigenvalue weighted by molar-refractivity contribution is -0.341. The molecule has 0 atom stereocenters. The van der Waals surface area contributed by atoms with Crippen molar-refractivity contribution in [3.05, 3.63) is 0 Å². The van der Waals surface area contributed by atoms with Gasteiger partial charge in [0, 0.05) is 12.8 Å². The van der Waals surface area contributed by atoms with Crippen LogP contribution in [0.25, 0.3) is 0 Å². The highest BCUT2D eigenvalue weighted by molar-refractivity contribution is 4.98. The molecule has 0 rings (SSSR count). The highest BCUT2D eigenvalue weighted by Crippen LogP contribution is 2.50. The van der Waals surface area contributed by atoms with Crippen LogP contribution in [0.3, 0.4) is 0 Å². The van der Waals surface area contributed by atoms with Gasteiger partial charge in [0.25, 0.3) is 0 Å². The lowest BCUT2D eigenvalue weighted by Crippen LogP contribution is -2.57. The zero-order valence-electron chi connectivity index (χ0n) is 16.3. The summed E-state index contributed by atoms with van der Waals surface area (Å²) in [7, 11) is 0. The van der Waals surface area contributed by atoms with E-state index in [2.05, 4.69) is 9.47 Å². The Morgan fingerprint density at radius 2 is 0.794 bits per heavy atom. The molecule has 206 valence electrons. The fourth-order valence-corrected chi connectivity index (χ4v) is 1.96.